The number of nitrogens with zero attached hydrogens (tertiary/aromatic N) is 4. The fourth-order valence-electron chi connectivity index (χ4n) is 3.63. The van der Waals surface area contributed by atoms with Crippen LogP contribution in [0.15, 0.2) is 24.3 Å². The largest absolute Gasteiger partial charge is 0.279 e. The Morgan fingerprint density at radius 3 is 1.96 bits per heavy atom. The van der Waals surface area contributed by atoms with E-state index in [1.54, 1.807) is 0 Å². The molecule has 0 bridgehead atoms. The van der Waals surface area contributed by atoms with Gasteiger partial charge in [0.05, 0.1) is 38.8 Å². The molecule has 0 spiro atoms. The molecule has 2 aliphatic rings. The van der Waals surface area contributed by atoms with Crippen molar-refractivity contribution in [2.24, 2.45) is 0 Å². The minimum atomic E-state index is 0. The fraction of sp³-hybridized carbons (Fsp3) is 0.579. The van der Waals surface area contributed by atoms with Crippen LogP contribution in [0.5, 0.6) is 0 Å². The quantitative estimate of drug-likeness (QED) is 0.785. The summed E-state index contributed by atoms with van der Waals surface area (Å²) in [7, 11) is 6.55. The highest BCUT2D eigenvalue weighted by molar-refractivity contribution is 5.99. The summed E-state index contributed by atoms with van der Waals surface area (Å²) in [6.45, 7) is 7.88. The molecule has 0 radical (unpaired) electrons. The molecule has 23 heavy (non-hydrogen) atoms. The van der Waals surface area contributed by atoms with Crippen molar-refractivity contribution < 1.29 is 9.15 Å². The lowest BCUT2D eigenvalue weighted by atomic mass is 10.1. The van der Waals surface area contributed by atoms with Crippen molar-refractivity contribution in [1.29, 1.82) is 0 Å². The normalized spacial score (nSPS) is 18.1. The van der Waals surface area contributed by atoms with Gasteiger partial charge in [-0.1, -0.05) is 14.4 Å². The van der Waals surface area contributed by atoms with E-state index in [0.717, 1.165) is 32.7 Å². The van der Waals surface area contributed by atoms with Crippen molar-refractivity contribution in [2.75, 3.05) is 53.9 Å². The molecule has 0 saturated heterocycles. The number of hydrogen-bond donors (Lipinski definition) is 0. The highest BCUT2D eigenvalue weighted by atomic mass is 15.3. The van der Waals surface area contributed by atoms with Crippen molar-refractivity contribution in [2.45, 2.75) is 20.8 Å². The smallest absolute Gasteiger partial charge is 0.260 e. The molecule has 0 unspecified atom stereocenters. The molecule has 1 aromatic rings. The molecule has 3 rings (SSSR count). The summed E-state index contributed by atoms with van der Waals surface area (Å²) in [5.41, 5.74) is 2.65. The van der Waals surface area contributed by atoms with Gasteiger partial charge in [-0.3, -0.25) is 19.0 Å². The molecular formula is C19H32N4+2. The molecular weight excluding hydrogens is 284 g/mol. The predicted octanol–water partition coefficient (Wildman–Crippen LogP) is 1.77. The summed E-state index contributed by atoms with van der Waals surface area (Å²) in [5.74, 6) is 2.72. The fourth-order valence-corrected chi connectivity index (χ4v) is 3.63. The van der Waals surface area contributed by atoms with Gasteiger partial charge in [0, 0.05) is 0 Å². The van der Waals surface area contributed by atoms with E-state index in [2.05, 4.69) is 71.3 Å². The highest BCUT2D eigenvalue weighted by Gasteiger charge is 2.30. The van der Waals surface area contributed by atoms with Crippen molar-refractivity contribution >= 4 is 11.7 Å². The maximum Gasteiger partial charge on any atom is 0.279 e. The average Bonchev–Trinajstić information content (AvgIpc) is 3.03. The van der Waals surface area contributed by atoms with Crippen LogP contribution in [0.2, 0.25) is 0 Å². The van der Waals surface area contributed by atoms with Gasteiger partial charge in [0.15, 0.2) is 0 Å². The van der Waals surface area contributed by atoms with Crippen molar-refractivity contribution in [3.63, 3.8) is 0 Å². The van der Waals surface area contributed by atoms with Crippen LogP contribution in [0.25, 0.3) is 0 Å². The SMILES string of the molecule is C.CCCN1CC[N+](C)=C1c1ccc(C2=[N+](C)CCN2C)cc1. The maximum absolute atomic E-state index is 2.51. The van der Waals surface area contributed by atoms with Gasteiger partial charge < -0.3 is 0 Å². The summed E-state index contributed by atoms with van der Waals surface area (Å²) in [5, 5.41) is 0. The molecule has 4 heteroatoms. The molecule has 4 nitrogen and oxygen atoms in total. The summed E-state index contributed by atoms with van der Waals surface area (Å²) in [6, 6.07) is 9.10. The van der Waals surface area contributed by atoms with Gasteiger partial charge in [0.1, 0.15) is 26.2 Å². The number of rotatable bonds is 4. The summed E-state index contributed by atoms with van der Waals surface area (Å²) in [6.07, 6.45) is 1.20. The summed E-state index contributed by atoms with van der Waals surface area (Å²) >= 11 is 0. The van der Waals surface area contributed by atoms with E-state index in [4.69, 9.17) is 0 Å². The predicted molar refractivity (Wildman–Crippen MR) is 98.0 cm³/mol. The molecule has 0 aromatic heterocycles. The third-order valence-corrected chi connectivity index (χ3v) is 4.76. The first-order valence-corrected chi connectivity index (χ1v) is 8.35. The van der Waals surface area contributed by atoms with E-state index in [1.165, 1.54) is 29.2 Å². The van der Waals surface area contributed by atoms with E-state index in [-0.39, 0.29) is 7.43 Å². The molecule has 1 aromatic carbocycles. The topological polar surface area (TPSA) is 12.5 Å². The van der Waals surface area contributed by atoms with Crippen LogP contribution >= 0.6 is 0 Å². The third-order valence-electron chi connectivity index (χ3n) is 4.76. The lowest BCUT2D eigenvalue weighted by Crippen LogP contribution is -2.31. The zero-order chi connectivity index (χ0) is 15.7. The molecule has 0 atom stereocenters. The Morgan fingerprint density at radius 2 is 1.43 bits per heavy atom. The monoisotopic (exact) mass is 316 g/mol. The number of amidine groups is 2. The van der Waals surface area contributed by atoms with Gasteiger partial charge in [-0.15, -0.1) is 0 Å². The molecule has 0 aliphatic carbocycles. The number of hydrogen-bond acceptors (Lipinski definition) is 2. The second-order valence-electron chi connectivity index (χ2n) is 6.48. The number of benzene rings is 1. The molecule has 0 fully saturated rings. The minimum absolute atomic E-state index is 0. The van der Waals surface area contributed by atoms with E-state index in [1.807, 2.05) is 0 Å². The van der Waals surface area contributed by atoms with Crippen LogP contribution in [0, 0.1) is 0 Å². The van der Waals surface area contributed by atoms with Crippen LogP contribution < -0.4 is 0 Å². The van der Waals surface area contributed by atoms with E-state index < -0.39 is 0 Å². The van der Waals surface area contributed by atoms with Gasteiger partial charge in [0.25, 0.3) is 11.7 Å². The second kappa shape index (κ2) is 7.16. The van der Waals surface area contributed by atoms with Gasteiger partial charge in [-0.05, 0) is 30.7 Å². The summed E-state index contributed by atoms with van der Waals surface area (Å²) in [4.78, 5) is 4.85. The van der Waals surface area contributed by atoms with Gasteiger partial charge in [-0.2, -0.15) is 0 Å². The molecule has 126 valence electrons. The Hall–Kier alpha value is -1.84. The highest BCUT2D eigenvalue weighted by Crippen LogP contribution is 2.15. The zero-order valence-corrected chi connectivity index (χ0v) is 14.3. The van der Waals surface area contributed by atoms with Gasteiger partial charge >= 0.3 is 0 Å². The third kappa shape index (κ3) is 3.26. The Morgan fingerprint density at radius 1 is 0.913 bits per heavy atom. The van der Waals surface area contributed by atoms with Crippen LogP contribution in [0.4, 0.5) is 0 Å². The Bertz CT molecular complexity index is 613. The van der Waals surface area contributed by atoms with Crippen molar-refractivity contribution in [1.82, 2.24) is 9.80 Å². The van der Waals surface area contributed by atoms with Crippen molar-refractivity contribution in [3.8, 4) is 0 Å². The van der Waals surface area contributed by atoms with Gasteiger partial charge in [0.2, 0.25) is 0 Å². The van der Waals surface area contributed by atoms with E-state index >= 15 is 0 Å². The average molecular weight is 316 g/mol. The molecule has 0 N–H and O–H groups in total. The van der Waals surface area contributed by atoms with Crippen LogP contribution in [0.1, 0.15) is 31.9 Å². The Kier molecular flexibility index (Phi) is 5.45. The molecule has 2 heterocycles. The second-order valence-corrected chi connectivity index (χ2v) is 6.48. The lowest BCUT2D eigenvalue weighted by molar-refractivity contribution is -0.486. The maximum atomic E-state index is 2.51. The standard InChI is InChI=1S/C18H28N4.CH4/c1-5-10-22-14-13-21(4)18(22)16-8-6-15(7-9-16)17-19(2)11-12-20(17)3;/h6-9H,5,10-14H2,1-4H3;1H4/q+2;. The lowest BCUT2D eigenvalue weighted by Gasteiger charge is -2.13. The van der Waals surface area contributed by atoms with Crippen LogP contribution in [-0.2, 0) is 0 Å². The summed E-state index contributed by atoms with van der Waals surface area (Å²) < 4.78 is 4.72. The van der Waals surface area contributed by atoms with Crippen LogP contribution in [-0.4, -0.2) is 84.5 Å². The van der Waals surface area contributed by atoms with Gasteiger partial charge in [-0.25, -0.2) is 0 Å². The molecule has 0 amide bonds. The van der Waals surface area contributed by atoms with E-state index in [9.17, 15) is 0 Å². The van der Waals surface area contributed by atoms with E-state index in [0.29, 0.717) is 0 Å². The minimum Gasteiger partial charge on any atom is -0.260 e. The molecule has 2 aliphatic heterocycles. The van der Waals surface area contributed by atoms with Crippen molar-refractivity contribution in [3.05, 3.63) is 35.4 Å². The first-order chi connectivity index (χ1) is 10.6. The Balaban J connectivity index is 0.00000192. The zero-order valence-electron chi connectivity index (χ0n) is 14.3. The first-order valence-electron chi connectivity index (χ1n) is 8.35. The number of likely N-dealkylation sites (N-methyl/N-ethyl adjacent to an activating group) is 3. The molecule has 0 saturated carbocycles. The Labute approximate surface area is 141 Å². The first kappa shape index (κ1) is 17.5. The van der Waals surface area contributed by atoms with Crippen LogP contribution in [0.3, 0.4) is 0 Å².